The molecule has 2 heterocycles. The Kier molecular flexibility index (Phi) is 4.66. The zero-order valence-electron chi connectivity index (χ0n) is 10.7. The molecule has 0 radical (unpaired) electrons. The van der Waals surface area contributed by atoms with E-state index < -0.39 is 21.7 Å². The summed E-state index contributed by atoms with van der Waals surface area (Å²) in [5.74, 6) is -1.24. The summed E-state index contributed by atoms with van der Waals surface area (Å²) in [7, 11) is -3.70. The van der Waals surface area contributed by atoms with E-state index in [0.29, 0.717) is 6.42 Å². The van der Waals surface area contributed by atoms with Crippen LogP contribution in [0.15, 0.2) is 34.8 Å². The van der Waals surface area contributed by atoms with Crippen molar-refractivity contribution in [1.29, 1.82) is 0 Å². The van der Waals surface area contributed by atoms with E-state index in [-0.39, 0.29) is 16.3 Å². The van der Waals surface area contributed by atoms with Gasteiger partial charge in [-0.15, -0.1) is 11.3 Å². The van der Waals surface area contributed by atoms with Crippen LogP contribution in [-0.2, 0) is 16.4 Å². The quantitative estimate of drug-likeness (QED) is 0.851. The fraction of sp³-hybridized carbons (Fsp3) is 0.167. The van der Waals surface area contributed by atoms with Gasteiger partial charge in [-0.2, -0.15) is 0 Å². The van der Waals surface area contributed by atoms with Crippen molar-refractivity contribution in [1.82, 2.24) is 10.3 Å². The molecular weight excluding hydrogens is 317 g/mol. The van der Waals surface area contributed by atoms with E-state index in [4.69, 9.17) is 5.14 Å². The fourth-order valence-electron chi connectivity index (χ4n) is 1.60. The highest BCUT2D eigenvalue weighted by atomic mass is 32.2. The van der Waals surface area contributed by atoms with Crippen molar-refractivity contribution < 1.29 is 17.6 Å². The molecule has 0 fully saturated rings. The van der Waals surface area contributed by atoms with Gasteiger partial charge in [0, 0.05) is 17.6 Å². The summed E-state index contributed by atoms with van der Waals surface area (Å²) in [4.78, 5) is 16.0. The van der Waals surface area contributed by atoms with E-state index in [1.54, 1.807) is 6.07 Å². The largest absolute Gasteiger partial charge is 0.352 e. The maximum Gasteiger partial charge on any atom is 0.254 e. The van der Waals surface area contributed by atoms with E-state index in [1.165, 1.54) is 18.3 Å². The molecule has 1 amide bonds. The first-order valence-electron chi connectivity index (χ1n) is 5.87. The van der Waals surface area contributed by atoms with Crippen molar-refractivity contribution in [3.63, 3.8) is 0 Å². The number of carbonyl (C=O) groups is 1. The van der Waals surface area contributed by atoms with Crippen LogP contribution in [0.25, 0.3) is 0 Å². The highest BCUT2D eigenvalue weighted by Gasteiger charge is 2.13. The van der Waals surface area contributed by atoms with Crippen LogP contribution < -0.4 is 10.5 Å². The second-order valence-electron chi connectivity index (χ2n) is 4.13. The number of rotatable bonds is 5. The van der Waals surface area contributed by atoms with E-state index in [9.17, 15) is 17.6 Å². The minimum Gasteiger partial charge on any atom is -0.352 e. The number of amides is 1. The summed E-state index contributed by atoms with van der Waals surface area (Å²) in [5, 5.41) is 7.56. The molecule has 21 heavy (non-hydrogen) atoms. The number of hydrogen-bond acceptors (Lipinski definition) is 5. The number of halogens is 1. The average Bonchev–Trinajstić information content (AvgIpc) is 2.88. The number of nitrogens with zero attached hydrogens (tertiary/aromatic N) is 1. The normalized spacial score (nSPS) is 11.3. The number of nitrogens with two attached hydrogens (primary N) is 1. The van der Waals surface area contributed by atoms with Crippen LogP contribution in [0.2, 0.25) is 0 Å². The van der Waals surface area contributed by atoms with E-state index in [2.05, 4.69) is 10.3 Å². The molecule has 6 nitrogen and oxygen atoms in total. The second-order valence-corrected chi connectivity index (χ2v) is 7.08. The first kappa shape index (κ1) is 15.5. The molecule has 0 aromatic carbocycles. The summed E-state index contributed by atoms with van der Waals surface area (Å²) in [5.41, 5.74) is -0.0820. The number of carbonyl (C=O) groups excluding carboxylic acids is 1. The Hall–Kier alpha value is -1.84. The van der Waals surface area contributed by atoms with E-state index >= 15 is 0 Å². The lowest BCUT2D eigenvalue weighted by molar-refractivity contribution is 0.0950. The van der Waals surface area contributed by atoms with Crippen molar-refractivity contribution in [3.05, 3.63) is 46.9 Å². The molecule has 0 saturated heterocycles. The minimum atomic E-state index is -3.70. The third-order valence-corrected chi connectivity index (χ3v) is 5.17. The standard InChI is InChI=1S/C12H12FN3O3S2/c13-10-7-15-5-4-9(10)12(17)16-6-3-8-1-2-11(20-8)21(14,18)19/h1-2,4-5,7H,3,6H2,(H,16,17)(H2,14,18,19). The Morgan fingerprint density at radius 1 is 1.38 bits per heavy atom. The lowest BCUT2D eigenvalue weighted by atomic mass is 10.2. The van der Waals surface area contributed by atoms with Gasteiger partial charge >= 0.3 is 0 Å². The van der Waals surface area contributed by atoms with Crippen LogP contribution in [0.5, 0.6) is 0 Å². The van der Waals surface area contributed by atoms with Gasteiger partial charge in [-0.1, -0.05) is 0 Å². The molecule has 9 heteroatoms. The third-order valence-electron chi connectivity index (χ3n) is 2.59. The second kappa shape index (κ2) is 6.29. The lowest BCUT2D eigenvalue weighted by Crippen LogP contribution is -2.26. The summed E-state index contributed by atoms with van der Waals surface area (Å²) < 4.78 is 35.6. The number of primary sulfonamides is 1. The van der Waals surface area contributed by atoms with Gasteiger partial charge in [0.25, 0.3) is 5.91 Å². The molecule has 2 aromatic rings. The van der Waals surface area contributed by atoms with Crippen molar-refractivity contribution >= 4 is 27.3 Å². The van der Waals surface area contributed by atoms with E-state index in [1.807, 2.05) is 0 Å². The van der Waals surface area contributed by atoms with Crippen LogP contribution in [0.3, 0.4) is 0 Å². The molecule has 0 bridgehead atoms. The maximum atomic E-state index is 13.3. The number of nitrogens with one attached hydrogen (secondary N) is 1. The van der Waals surface area contributed by atoms with E-state index in [0.717, 1.165) is 22.4 Å². The molecule has 0 aliphatic heterocycles. The van der Waals surface area contributed by atoms with Crippen molar-refractivity contribution in [2.45, 2.75) is 10.6 Å². The number of hydrogen-bond donors (Lipinski definition) is 2. The van der Waals surface area contributed by atoms with Gasteiger partial charge in [0.2, 0.25) is 10.0 Å². The van der Waals surface area contributed by atoms with Gasteiger partial charge in [0.15, 0.2) is 5.82 Å². The van der Waals surface area contributed by atoms with Crippen LogP contribution in [0.4, 0.5) is 4.39 Å². The summed E-state index contributed by atoms with van der Waals surface area (Å²) in [6.07, 6.45) is 2.72. The minimum absolute atomic E-state index is 0.0732. The molecule has 0 aliphatic rings. The van der Waals surface area contributed by atoms with Gasteiger partial charge in [-0.3, -0.25) is 9.78 Å². The van der Waals surface area contributed by atoms with Crippen LogP contribution in [-0.4, -0.2) is 25.9 Å². The lowest BCUT2D eigenvalue weighted by Gasteiger charge is -2.04. The third kappa shape index (κ3) is 4.06. The van der Waals surface area contributed by atoms with Crippen LogP contribution in [0, 0.1) is 5.82 Å². The molecule has 2 rings (SSSR count). The monoisotopic (exact) mass is 329 g/mol. The SMILES string of the molecule is NS(=O)(=O)c1ccc(CCNC(=O)c2ccncc2F)s1. The Bertz CT molecular complexity index is 759. The first-order chi connectivity index (χ1) is 9.88. The number of pyridine rings is 1. The summed E-state index contributed by atoms with van der Waals surface area (Å²) in [6, 6.07) is 4.33. The molecule has 0 saturated carbocycles. The first-order valence-corrected chi connectivity index (χ1v) is 8.23. The molecular formula is C12H12FN3O3S2. The maximum absolute atomic E-state index is 13.3. The molecule has 0 unspecified atom stereocenters. The smallest absolute Gasteiger partial charge is 0.254 e. The van der Waals surface area contributed by atoms with Crippen LogP contribution >= 0.6 is 11.3 Å². The summed E-state index contributed by atoms with van der Waals surface area (Å²) >= 11 is 1.04. The predicted molar refractivity (Wildman–Crippen MR) is 75.9 cm³/mol. The predicted octanol–water partition coefficient (Wildman–Crippen LogP) is 0.902. The zero-order valence-corrected chi connectivity index (χ0v) is 12.4. The highest BCUT2D eigenvalue weighted by molar-refractivity contribution is 7.91. The number of thiophene rings is 1. The van der Waals surface area contributed by atoms with Gasteiger partial charge in [-0.25, -0.2) is 17.9 Å². The number of sulfonamides is 1. The molecule has 0 aliphatic carbocycles. The molecule has 112 valence electrons. The molecule has 3 N–H and O–H groups in total. The Morgan fingerprint density at radius 3 is 2.76 bits per heavy atom. The molecule has 0 spiro atoms. The molecule has 0 atom stereocenters. The Balaban J connectivity index is 1.92. The fourth-order valence-corrected chi connectivity index (χ4v) is 3.38. The van der Waals surface area contributed by atoms with Gasteiger partial charge in [0.1, 0.15) is 4.21 Å². The summed E-state index contributed by atoms with van der Waals surface area (Å²) in [6.45, 7) is 0.255. The van der Waals surface area contributed by atoms with Gasteiger partial charge in [-0.05, 0) is 24.6 Å². The van der Waals surface area contributed by atoms with Gasteiger partial charge < -0.3 is 5.32 Å². The van der Waals surface area contributed by atoms with Crippen LogP contribution in [0.1, 0.15) is 15.2 Å². The highest BCUT2D eigenvalue weighted by Crippen LogP contribution is 2.20. The average molecular weight is 329 g/mol. The molecule has 2 aromatic heterocycles. The Morgan fingerprint density at radius 2 is 2.14 bits per heavy atom. The zero-order chi connectivity index (χ0) is 15.5. The van der Waals surface area contributed by atoms with Crippen molar-refractivity contribution in [3.8, 4) is 0 Å². The van der Waals surface area contributed by atoms with Gasteiger partial charge in [0.05, 0.1) is 11.8 Å². The van der Waals surface area contributed by atoms with Crippen molar-refractivity contribution in [2.75, 3.05) is 6.54 Å². The topological polar surface area (TPSA) is 102 Å². The number of aromatic nitrogens is 1. The van der Waals surface area contributed by atoms with Crippen molar-refractivity contribution in [2.24, 2.45) is 5.14 Å². The Labute approximate surface area is 124 Å².